The normalized spacial score (nSPS) is 11.9. The van der Waals surface area contributed by atoms with Gasteiger partial charge >= 0.3 is 0 Å². The lowest BCUT2D eigenvalue weighted by atomic mass is 10.1. The van der Waals surface area contributed by atoms with Gasteiger partial charge in [-0.3, -0.25) is 9.89 Å². The highest BCUT2D eigenvalue weighted by Gasteiger charge is 2.13. The molecule has 0 aliphatic carbocycles. The zero-order chi connectivity index (χ0) is 23.5. The second kappa shape index (κ2) is 9.04. The number of hydrogen-bond acceptors (Lipinski definition) is 8. The summed E-state index contributed by atoms with van der Waals surface area (Å²) < 4.78 is 0.947. The number of fused-ring (bicyclic) bond motifs is 2. The molecule has 0 radical (unpaired) electrons. The number of nitrogens with zero attached hydrogens (tertiary/aromatic N) is 3. The lowest BCUT2D eigenvalue weighted by Gasteiger charge is -2.07. The van der Waals surface area contributed by atoms with Crippen LogP contribution in [-0.2, 0) is 0 Å². The van der Waals surface area contributed by atoms with Crippen LogP contribution in [0.5, 0.6) is 0 Å². The number of aromatic nitrogens is 4. The van der Waals surface area contributed by atoms with Gasteiger partial charge in [0.15, 0.2) is 5.82 Å². The van der Waals surface area contributed by atoms with Crippen LogP contribution in [0.15, 0.2) is 85.1 Å². The summed E-state index contributed by atoms with van der Waals surface area (Å²) in [6.45, 7) is 0. The molecule has 9 nitrogen and oxygen atoms in total. The number of anilines is 2. The first-order valence-corrected chi connectivity index (χ1v) is 11.1. The fourth-order valence-corrected chi connectivity index (χ4v) is 4.45. The van der Waals surface area contributed by atoms with E-state index in [1.54, 1.807) is 12.4 Å². The Kier molecular flexibility index (Phi) is 5.63. The summed E-state index contributed by atoms with van der Waals surface area (Å²) in [6, 6.07) is 15.4. The summed E-state index contributed by atoms with van der Waals surface area (Å²) in [6.07, 6.45) is 7.62. The molecule has 7 N–H and O–H groups in total. The van der Waals surface area contributed by atoms with Gasteiger partial charge in [0.2, 0.25) is 0 Å². The number of rotatable bonds is 6. The number of thiophene rings is 1. The van der Waals surface area contributed by atoms with Crippen LogP contribution in [0.1, 0.15) is 9.67 Å². The fraction of sp³-hybridized carbons (Fsp3) is 0. The zero-order valence-electron chi connectivity index (χ0n) is 17.8. The van der Waals surface area contributed by atoms with Gasteiger partial charge in [0, 0.05) is 33.7 Å². The predicted molar refractivity (Wildman–Crippen MR) is 135 cm³/mol. The summed E-state index contributed by atoms with van der Waals surface area (Å²) in [5, 5.41) is 15.0. The second-order valence-electron chi connectivity index (χ2n) is 7.36. The number of allylic oxidation sites excluding steroid dienone is 1. The van der Waals surface area contributed by atoms with Crippen molar-refractivity contribution < 1.29 is 4.79 Å². The SMILES string of the molecule is N/C=C\C(=C/N)NC(=O)c1cc2ccc(-c3nccc(Nc4ccc5[nH]ncc5c4)n3)cc2s1. The molecule has 0 spiro atoms. The first kappa shape index (κ1) is 21.2. The molecule has 0 fully saturated rings. The highest BCUT2D eigenvalue weighted by Crippen LogP contribution is 2.30. The van der Waals surface area contributed by atoms with Gasteiger partial charge in [0.25, 0.3) is 5.91 Å². The smallest absolute Gasteiger partial charge is 0.265 e. The Morgan fingerprint density at radius 1 is 1.06 bits per heavy atom. The number of H-pyrrole nitrogens is 1. The van der Waals surface area contributed by atoms with Crippen molar-refractivity contribution in [3.63, 3.8) is 0 Å². The Morgan fingerprint density at radius 3 is 2.82 bits per heavy atom. The first-order chi connectivity index (χ1) is 16.6. The van der Waals surface area contributed by atoms with E-state index in [1.165, 1.54) is 29.8 Å². The van der Waals surface area contributed by atoms with E-state index >= 15 is 0 Å². The molecule has 0 bridgehead atoms. The van der Waals surface area contributed by atoms with E-state index < -0.39 is 0 Å². The standard InChI is InChI=1S/C24H20N8OS/c25-7-5-18(12-26)30-24(33)21-10-14-1-2-15(11-20(14)34-21)23-27-8-6-22(31-23)29-17-3-4-19-16(9-17)13-28-32-19/h1-13H,25-26H2,(H,28,32)(H,30,33)(H,27,29,31)/b7-5-,18-12+. The third-order valence-corrected chi connectivity index (χ3v) is 6.18. The topological polar surface area (TPSA) is 148 Å². The molecule has 5 aromatic rings. The number of aromatic amines is 1. The van der Waals surface area contributed by atoms with Crippen LogP contribution >= 0.6 is 11.3 Å². The van der Waals surface area contributed by atoms with E-state index in [2.05, 4.69) is 30.8 Å². The number of benzene rings is 2. The molecule has 3 aromatic heterocycles. The molecular weight excluding hydrogens is 448 g/mol. The molecule has 10 heteroatoms. The minimum absolute atomic E-state index is 0.255. The van der Waals surface area contributed by atoms with Crippen molar-refractivity contribution in [2.24, 2.45) is 11.5 Å². The van der Waals surface area contributed by atoms with Crippen molar-refractivity contribution in [1.29, 1.82) is 0 Å². The van der Waals surface area contributed by atoms with Crippen LogP contribution in [0.3, 0.4) is 0 Å². The Labute approximate surface area is 198 Å². The van der Waals surface area contributed by atoms with Gasteiger partial charge in [-0.25, -0.2) is 9.97 Å². The number of carbonyl (C=O) groups is 1. The van der Waals surface area contributed by atoms with Gasteiger partial charge in [-0.15, -0.1) is 11.3 Å². The van der Waals surface area contributed by atoms with Gasteiger partial charge in [-0.05, 0) is 54.1 Å². The maximum absolute atomic E-state index is 12.6. The molecule has 168 valence electrons. The Hall–Kier alpha value is -4.70. The average molecular weight is 469 g/mol. The summed E-state index contributed by atoms with van der Waals surface area (Å²) in [4.78, 5) is 22.2. The van der Waals surface area contributed by atoms with Gasteiger partial charge in [0.05, 0.1) is 22.3 Å². The third-order valence-electron chi connectivity index (χ3n) is 5.08. The van der Waals surface area contributed by atoms with E-state index in [0.717, 1.165) is 32.2 Å². The van der Waals surface area contributed by atoms with Gasteiger partial charge in [0.1, 0.15) is 5.82 Å². The number of hydrogen-bond donors (Lipinski definition) is 5. The van der Waals surface area contributed by atoms with Gasteiger partial charge < -0.3 is 22.1 Å². The number of nitrogens with two attached hydrogens (primary N) is 2. The van der Waals surface area contributed by atoms with Crippen LogP contribution in [-0.4, -0.2) is 26.1 Å². The zero-order valence-corrected chi connectivity index (χ0v) is 18.6. The van der Waals surface area contributed by atoms with Crippen molar-refractivity contribution in [3.05, 3.63) is 90.0 Å². The van der Waals surface area contributed by atoms with Gasteiger partial charge in [-0.1, -0.05) is 12.1 Å². The number of carbonyl (C=O) groups excluding carboxylic acids is 1. The van der Waals surface area contributed by atoms with Crippen LogP contribution in [0, 0.1) is 0 Å². The lowest BCUT2D eigenvalue weighted by molar-refractivity contribution is 0.0971. The van der Waals surface area contributed by atoms with Crippen LogP contribution in [0.4, 0.5) is 11.5 Å². The average Bonchev–Trinajstić information content (AvgIpc) is 3.50. The molecular formula is C24H20N8OS. The van der Waals surface area contributed by atoms with E-state index in [0.29, 0.717) is 22.2 Å². The number of amides is 1. The Bertz CT molecular complexity index is 1570. The van der Waals surface area contributed by atoms with Crippen LogP contribution in [0.25, 0.3) is 32.4 Å². The van der Waals surface area contributed by atoms with E-state index in [9.17, 15) is 4.79 Å². The monoisotopic (exact) mass is 468 g/mol. The summed E-state index contributed by atoms with van der Waals surface area (Å²) >= 11 is 1.38. The third kappa shape index (κ3) is 4.30. The van der Waals surface area contributed by atoms with E-state index in [1.807, 2.05) is 48.5 Å². The Balaban J connectivity index is 1.39. The van der Waals surface area contributed by atoms with Crippen LogP contribution < -0.4 is 22.1 Å². The second-order valence-corrected chi connectivity index (χ2v) is 8.44. The molecule has 0 unspecified atom stereocenters. The highest BCUT2D eigenvalue weighted by atomic mass is 32.1. The molecule has 3 heterocycles. The van der Waals surface area contributed by atoms with Crippen LogP contribution in [0.2, 0.25) is 0 Å². The van der Waals surface area contributed by atoms with Crippen molar-refractivity contribution >= 4 is 49.7 Å². The summed E-state index contributed by atoms with van der Waals surface area (Å²) in [5.74, 6) is 1.000. The van der Waals surface area contributed by atoms with E-state index in [-0.39, 0.29) is 5.91 Å². The molecule has 0 aliphatic heterocycles. The van der Waals surface area contributed by atoms with E-state index in [4.69, 9.17) is 11.5 Å². The molecule has 0 saturated heterocycles. The van der Waals surface area contributed by atoms with Crippen molar-refractivity contribution in [2.45, 2.75) is 0 Å². The lowest BCUT2D eigenvalue weighted by Crippen LogP contribution is -2.21. The maximum atomic E-state index is 12.6. The quantitative estimate of drug-likeness (QED) is 0.237. The van der Waals surface area contributed by atoms with Gasteiger partial charge in [-0.2, -0.15) is 5.10 Å². The fourth-order valence-electron chi connectivity index (χ4n) is 3.45. The minimum atomic E-state index is -0.255. The number of nitrogens with one attached hydrogen (secondary N) is 3. The predicted octanol–water partition coefficient (Wildman–Crippen LogP) is 3.98. The summed E-state index contributed by atoms with van der Waals surface area (Å²) in [7, 11) is 0. The molecule has 0 aliphatic rings. The minimum Gasteiger partial charge on any atom is -0.405 e. The summed E-state index contributed by atoms with van der Waals surface area (Å²) in [5.41, 5.74) is 14.0. The molecule has 5 rings (SSSR count). The molecule has 34 heavy (non-hydrogen) atoms. The van der Waals surface area contributed by atoms with Crippen molar-refractivity contribution in [1.82, 2.24) is 25.5 Å². The Morgan fingerprint density at radius 2 is 1.97 bits per heavy atom. The largest absolute Gasteiger partial charge is 0.405 e. The first-order valence-electron chi connectivity index (χ1n) is 10.3. The molecule has 0 saturated carbocycles. The molecule has 1 amide bonds. The van der Waals surface area contributed by atoms with Crippen molar-refractivity contribution in [2.75, 3.05) is 5.32 Å². The highest BCUT2D eigenvalue weighted by molar-refractivity contribution is 7.20. The maximum Gasteiger partial charge on any atom is 0.265 e. The van der Waals surface area contributed by atoms with Crippen molar-refractivity contribution in [3.8, 4) is 11.4 Å². The molecule has 2 aromatic carbocycles. The molecule has 0 atom stereocenters.